The van der Waals surface area contributed by atoms with Crippen molar-refractivity contribution < 1.29 is 18.7 Å². The number of halogens is 1. The van der Waals surface area contributed by atoms with Crippen molar-refractivity contribution >= 4 is 12.0 Å². The number of carbonyl (C=O) groups excluding carboxylic acids is 1. The molecule has 158 valence electrons. The Balaban J connectivity index is 1.43. The van der Waals surface area contributed by atoms with Gasteiger partial charge in [0, 0.05) is 30.8 Å². The summed E-state index contributed by atoms with van der Waals surface area (Å²) >= 11 is 0. The van der Waals surface area contributed by atoms with Gasteiger partial charge in [-0.05, 0) is 35.8 Å². The van der Waals surface area contributed by atoms with Crippen LogP contribution in [0.1, 0.15) is 32.6 Å². The molecule has 1 aliphatic rings. The van der Waals surface area contributed by atoms with Gasteiger partial charge in [-0.1, -0.05) is 42.0 Å². The first-order valence-corrected chi connectivity index (χ1v) is 10.0. The highest BCUT2D eigenvalue weighted by Crippen LogP contribution is 2.27. The molecule has 2 aromatic carbocycles. The molecule has 0 unspecified atom stereocenters. The summed E-state index contributed by atoms with van der Waals surface area (Å²) in [5, 5.41) is 2.94. The van der Waals surface area contributed by atoms with E-state index in [4.69, 9.17) is 9.47 Å². The van der Waals surface area contributed by atoms with Gasteiger partial charge in [0.05, 0.1) is 19.3 Å². The van der Waals surface area contributed by atoms with Crippen molar-refractivity contribution in [2.24, 2.45) is 0 Å². The van der Waals surface area contributed by atoms with E-state index in [9.17, 15) is 9.18 Å². The number of hydrogen-bond acceptors (Lipinski definition) is 4. The normalized spacial score (nSPS) is 12.2. The zero-order valence-corrected chi connectivity index (χ0v) is 17.4. The number of aromatic nitrogens is 1. The van der Waals surface area contributed by atoms with Gasteiger partial charge in [-0.3, -0.25) is 4.79 Å². The maximum atomic E-state index is 14.0. The van der Waals surface area contributed by atoms with Crippen LogP contribution in [0, 0.1) is 12.7 Å². The number of allylic oxidation sites excluding steroid dienone is 1. The van der Waals surface area contributed by atoms with Gasteiger partial charge in [-0.2, -0.15) is 0 Å². The SMILES string of the molecule is COc1ncc(C(=O)NC2=Cc3ccccc3C2)cc1OCCc1cc(C)ccc1F. The third-order valence-corrected chi connectivity index (χ3v) is 5.14. The van der Waals surface area contributed by atoms with Crippen molar-refractivity contribution in [1.82, 2.24) is 10.3 Å². The van der Waals surface area contributed by atoms with Gasteiger partial charge in [0.25, 0.3) is 11.8 Å². The summed E-state index contributed by atoms with van der Waals surface area (Å²) in [4.78, 5) is 16.9. The van der Waals surface area contributed by atoms with Crippen LogP contribution in [0.15, 0.2) is 60.4 Å². The Kier molecular flexibility index (Phi) is 5.98. The number of nitrogens with zero attached hydrogens (tertiary/aromatic N) is 1. The number of carbonyl (C=O) groups is 1. The van der Waals surface area contributed by atoms with Gasteiger partial charge in [-0.15, -0.1) is 0 Å². The Labute approximate surface area is 180 Å². The van der Waals surface area contributed by atoms with E-state index in [1.54, 1.807) is 18.2 Å². The molecule has 1 aliphatic carbocycles. The molecule has 0 spiro atoms. The van der Waals surface area contributed by atoms with Crippen LogP contribution in [0.2, 0.25) is 0 Å². The van der Waals surface area contributed by atoms with Crippen LogP contribution in [0.5, 0.6) is 11.6 Å². The molecule has 31 heavy (non-hydrogen) atoms. The first kappa shape index (κ1) is 20.6. The standard InChI is InChI=1S/C25H23FN2O3/c1-16-7-8-22(26)19(11-16)9-10-31-23-14-20(15-27-25(23)30-2)24(29)28-21-12-17-5-3-4-6-18(17)13-21/h3-8,11-12,14-15H,9-10,13H2,1-2H3,(H,28,29). The van der Waals surface area contributed by atoms with E-state index < -0.39 is 0 Å². The van der Waals surface area contributed by atoms with Gasteiger partial charge in [0.2, 0.25) is 0 Å². The second-order valence-corrected chi connectivity index (χ2v) is 7.42. The highest BCUT2D eigenvalue weighted by molar-refractivity contribution is 5.96. The molecule has 0 saturated heterocycles. The largest absolute Gasteiger partial charge is 0.488 e. The number of methoxy groups -OCH3 is 1. The third-order valence-electron chi connectivity index (χ3n) is 5.14. The maximum absolute atomic E-state index is 14.0. The van der Waals surface area contributed by atoms with Gasteiger partial charge >= 0.3 is 0 Å². The van der Waals surface area contributed by atoms with E-state index in [2.05, 4.69) is 10.3 Å². The number of fused-ring (bicyclic) bond motifs is 1. The van der Waals surface area contributed by atoms with Crippen LogP contribution in [0.3, 0.4) is 0 Å². The predicted octanol–water partition coefficient (Wildman–Crippen LogP) is 4.49. The molecule has 1 amide bonds. The lowest BCUT2D eigenvalue weighted by atomic mass is 10.1. The Morgan fingerprint density at radius 3 is 2.84 bits per heavy atom. The summed E-state index contributed by atoms with van der Waals surface area (Å²) in [6, 6.07) is 14.6. The molecular formula is C25H23FN2O3. The van der Waals surface area contributed by atoms with E-state index in [0.717, 1.165) is 16.8 Å². The molecule has 1 aromatic heterocycles. The first-order valence-electron chi connectivity index (χ1n) is 10.0. The van der Waals surface area contributed by atoms with Gasteiger partial charge in [0.15, 0.2) is 5.75 Å². The fraction of sp³-hybridized carbons (Fsp3) is 0.200. The van der Waals surface area contributed by atoms with Crippen molar-refractivity contribution in [3.8, 4) is 11.6 Å². The molecular weight excluding hydrogens is 395 g/mol. The number of hydrogen-bond donors (Lipinski definition) is 1. The lowest BCUT2D eigenvalue weighted by Gasteiger charge is -2.12. The highest BCUT2D eigenvalue weighted by atomic mass is 19.1. The summed E-state index contributed by atoms with van der Waals surface area (Å²) in [6.07, 6.45) is 4.48. The topological polar surface area (TPSA) is 60.5 Å². The number of pyridine rings is 1. The summed E-state index contributed by atoms with van der Waals surface area (Å²) in [5.41, 5.74) is 5.04. The van der Waals surface area contributed by atoms with Crippen LogP contribution >= 0.6 is 0 Å². The number of nitrogens with one attached hydrogen (secondary N) is 1. The monoisotopic (exact) mass is 418 g/mol. The van der Waals surface area contributed by atoms with Crippen LogP contribution in [-0.4, -0.2) is 24.6 Å². The van der Waals surface area contributed by atoms with Crippen molar-refractivity contribution in [3.63, 3.8) is 0 Å². The lowest BCUT2D eigenvalue weighted by Crippen LogP contribution is -2.23. The molecule has 1 N–H and O–H groups in total. The minimum atomic E-state index is -0.274. The molecule has 0 saturated carbocycles. The van der Waals surface area contributed by atoms with Gasteiger partial charge in [-0.25, -0.2) is 9.37 Å². The molecule has 0 radical (unpaired) electrons. The molecule has 0 fully saturated rings. The molecule has 3 aromatic rings. The number of aryl methyl sites for hydroxylation is 1. The number of amides is 1. The Bertz CT molecular complexity index is 1160. The van der Waals surface area contributed by atoms with Gasteiger partial charge < -0.3 is 14.8 Å². The van der Waals surface area contributed by atoms with E-state index >= 15 is 0 Å². The average molecular weight is 418 g/mol. The highest BCUT2D eigenvalue weighted by Gasteiger charge is 2.17. The maximum Gasteiger partial charge on any atom is 0.257 e. The van der Waals surface area contributed by atoms with E-state index in [1.807, 2.05) is 37.3 Å². The molecule has 5 nitrogen and oxygen atoms in total. The van der Waals surface area contributed by atoms with E-state index in [0.29, 0.717) is 29.7 Å². The predicted molar refractivity (Wildman–Crippen MR) is 117 cm³/mol. The number of ether oxygens (including phenoxy) is 2. The minimum Gasteiger partial charge on any atom is -0.488 e. The smallest absolute Gasteiger partial charge is 0.257 e. The van der Waals surface area contributed by atoms with Gasteiger partial charge in [0.1, 0.15) is 5.82 Å². The quantitative estimate of drug-likeness (QED) is 0.614. The second-order valence-electron chi connectivity index (χ2n) is 7.42. The average Bonchev–Trinajstić information content (AvgIpc) is 3.18. The van der Waals surface area contributed by atoms with Crippen LogP contribution in [-0.2, 0) is 12.8 Å². The molecule has 0 atom stereocenters. The zero-order chi connectivity index (χ0) is 21.8. The van der Waals surface area contributed by atoms with E-state index in [1.165, 1.54) is 24.9 Å². The van der Waals surface area contributed by atoms with Crippen molar-refractivity contribution in [2.45, 2.75) is 19.8 Å². The van der Waals surface area contributed by atoms with Crippen molar-refractivity contribution in [1.29, 1.82) is 0 Å². The van der Waals surface area contributed by atoms with E-state index in [-0.39, 0.29) is 24.2 Å². The molecule has 6 heteroatoms. The lowest BCUT2D eigenvalue weighted by molar-refractivity contribution is 0.0964. The van der Waals surface area contributed by atoms with Crippen LogP contribution < -0.4 is 14.8 Å². The van der Waals surface area contributed by atoms with Crippen molar-refractivity contribution in [2.75, 3.05) is 13.7 Å². The summed E-state index contributed by atoms with van der Waals surface area (Å²) in [5.74, 6) is 0.0719. The molecule has 0 aliphatic heterocycles. The fourth-order valence-corrected chi connectivity index (χ4v) is 3.56. The van der Waals surface area contributed by atoms with Crippen molar-refractivity contribution in [3.05, 3.63) is 94.1 Å². The number of rotatable bonds is 7. The molecule has 1 heterocycles. The minimum absolute atomic E-state index is 0.226. The van der Waals surface area contributed by atoms with Crippen LogP contribution in [0.4, 0.5) is 4.39 Å². The summed E-state index contributed by atoms with van der Waals surface area (Å²) in [7, 11) is 1.48. The second kappa shape index (κ2) is 9.00. The molecule has 0 bridgehead atoms. The van der Waals surface area contributed by atoms with Crippen LogP contribution in [0.25, 0.3) is 6.08 Å². The molecule has 4 rings (SSSR count). The Hall–Kier alpha value is -3.67. The Morgan fingerprint density at radius 1 is 1.19 bits per heavy atom. The zero-order valence-electron chi connectivity index (χ0n) is 17.4. The Morgan fingerprint density at radius 2 is 2.03 bits per heavy atom. The first-order chi connectivity index (χ1) is 15.0. The third kappa shape index (κ3) is 4.74. The summed E-state index contributed by atoms with van der Waals surface area (Å²) in [6.45, 7) is 2.14. The summed E-state index contributed by atoms with van der Waals surface area (Å²) < 4.78 is 25.0. The number of benzene rings is 2. The fourth-order valence-electron chi connectivity index (χ4n) is 3.56.